The van der Waals surface area contributed by atoms with Gasteiger partial charge in [-0.05, 0) is 30.7 Å². The maximum absolute atomic E-state index is 13.1. The Morgan fingerprint density at radius 1 is 1.29 bits per heavy atom. The molecule has 2 aliphatic rings. The van der Waals surface area contributed by atoms with E-state index >= 15 is 0 Å². The van der Waals surface area contributed by atoms with Crippen molar-refractivity contribution in [1.82, 2.24) is 10.2 Å². The van der Waals surface area contributed by atoms with Gasteiger partial charge in [-0.25, -0.2) is 0 Å². The summed E-state index contributed by atoms with van der Waals surface area (Å²) < 4.78 is 5.68. The Kier molecular flexibility index (Phi) is 5.19. The fourth-order valence-electron chi connectivity index (χ4n) is 3.10. The molecule has 3 rings (SSSR count). The number of carbonyl (C=O) groups excluding carboxylic acids is 2. The fourth-order valence-corrected chi connectivity index (χ4v) is 3.10. The summed E-state index contributed by atoms with van der Waals surface area (Å²) >= 11 is 0. The molecule has 0 aromatic heterocycles. The maximum Gasteiger partial charge on any atom is 0.254 e. The van der Waals surface area contributed by atoms with Gasteiger partial charge in [0.15, 0.2) is 6.10 Å². The van der Waals surface area contributed by atoms with Crippen LogP contribution in [-0.2, 0) is 14.3 Å². The molecule has 0 bridgehead atoms. The van der Waals surface area contributed by atoms with Gasteiger partial charge in [-0.15, -0.1) is 0 Å². The van der Waals surface area contributed by atoms with Crippen LogP contribution in [0.15, 0.2) is 30.3 Å². The largest absolute Gasteiger partial charge is 0.356 e. The Bertz CT molecular complexity index is 584. The number of benzene rings is 1. The zero-order chi connectivity index (χ0) is 17.1. The number of nitrogens with zero attached hydrogens (tertiary/aromatic N) is 1. The van der Waals surface area contributed by atoms with Crippen molar-refractivity contribution in [2.75, 3.05) is 13.2 Å². The normalized spacial score (nSPS) is 23.9. The van der Waals surface area contributed by atoms with E-state index in [1.54, 1.807) is 0 Å². The summed E-state index contributed by atoms with van der Waals surface area (Å²) in [6.45, 7) is 5.04. The van der Waals surface area contributed by atoms with Crippen LogP contribution in [-0.4, -0.2) is 42.0 Å². The van der Waals surface area contributed by atoms with Gasteiger partial charge in [0.1, 0.15) is 6.61 Å². The van der Waals surface area contributed by atoms with Gasteiger partial charge in [-0.3, -0.25) is 9.59 Å². The first-order valence-electron chi connectivity index (χ1n) is 8.82. The van der Waals surface area contributed by atoms with Gasteiger partial charge in [0.05, 0.1) is 6.04 Å². The Morgan fingerprint density at radius 2 is 2.00 bits per heavy atom. The first-order valence-corrected chi connectivity index (χ1v) is 8.82. The number of carbonyl (C=O) groups is 2. The molecule has 5 nitrogen and oxygen atoms in total. The van der Waals surface area contributed by atoms with E-state index < -0.39 is 12.1 Å². The number of amides is 2. The fraction of sp³-hybridized carbons (Fsp3) is 0.579. The zero-order valence-electron chi connectivity index (χ0n) is 14.4. The van der Waals surface area contributed by atoms with Crippen molar-refractivity contribution in [3.8, 4) is 0 Å². The van der Waals surface area contributed by atoms with Crippen molar-refractivity contribution >= 4 is 11.8 Å². The Labute approximate surface area is 143 Å². The molecule has 1 saturated heterocycles. The molecule has 2 atom stereocenters. The molecular weight excluding hydrogens is 304 g/mol. The SMILES string of the molecule is CC(C)CCN(C(=O)[C@H]1OCC(=O)N[C@@H]1c1ccccc1)C1CC1. The predicted molar refractivity (Wildman–Crippen MR) is 91.3 cm³/mol. The highest BCUT2D eigenvalue weighted by Gasteiger charge is 2.42. The quantitative estimate of drug-likeness (QED) is 0.870. The zero-order valence-corrected chi connectivity index (χ0v) is 14.4. The van der Waals surface area contributed by atoms with Crippen molar-refractivity contribution in [1.29, 1.82) is 0 Å². The van der Waals surface area contributed by atoms with Crippen molar-refractivity contribution in [3.05, 3.63) is 35.9 Å². The van der Waals surface area contributed by atoms with E-state index in [0.29, 0.717) is 12.0 Å². The van der Waals surface area contributed by atoms with Gasteiger partial charge in [-0.2, -0.15) is 0 Å². The minimum atomic E-state index is -0.641. The molecule has 1 heterocycles. The van der Waals surface area contributed by atoms with E-state index in [0.717, 1.165) is 31.4 Å². The van der Waals surface area contributed by atoms with Crippen LogP contribution in [0.3, 0.4) is 0 Å². The monoisotopic (exact) mass is 330 g/mol. The van der Waals surface area contributed by atoms with E-state index in [1.807, 2.05) is 35.2 Å². The number of nitrogens with one attached hydrogen (secondary N) is 1. The number of ether oxygens (including phenoxy) is 1. The minimum Gasteiger partial charge on any atom is -0.356 e. The molecule has 2 fully saturated rings. The lowest BCUT2D eigenvalue weighted by Crippen LogP contribution is -2.54. The van der Waals surface area contributed by atoms with E-state index in [1.165, 1.54) is 0 Å². The summed E-state index contributed by atoms with van der Waals surface area (Å²) in [7, 11) is 0. The van der Waals surface area contributed by atoms with Gasteiger partial charge in [0.25, 0.3) is 5.91 Å². The molecule has 130 valence electrons. The third-order valence-corrected chi connectivity index (χ3v) is 4.63. The summed E-state index contributed by atoms with van der Waals surface area (Å²) in [5.41, 5.74) is 0.906. The molecule has 1 saturated carbocycles. The summed E-state index contributed by atoms with van der Waals surface area (Å²) in [5, 5.41) is 2.93. The van der Waals surface area contributed by atoms with Crippen LogP contribution in [0.1, 0.15) is 44.7 Å². The lowest BCUT2D eigenvalue weighted by molar-refractivity contribution is -0.155. The van der Waals surface area contributed by atoms with Crippen molar-refractivity contribution in [3.63, 3.8) is 0 Å². The topological polar surface area (TPSA) is 58.6 Å². The molecular formula is C19H26N2O3. The first kappa shape index (κ1) is 17.0. The van der Waals surface area contributed by atoms with Crippen LogP contribution in [0.2, 0.25) is 0 Å². The van der Waals surface area contributed by atoms with Crippen LogP contribution in [0.25, 0.3) is 0 Å². The maximum atomic E-state index is 13.1. The second-order valence-corrected chi connectivity index (χ2v) is 7.13. The molecule has 5 heteroatoms. The smallest absolute Gasteiger partial charge is 0.254 e. The lowest BCUT2D eigenvalue weighted by atomic mass is 9.98. The highest BCUT2D eigenvalue weighted by atomic mass is 16.5. The molecule has 2 amide bonds. The summed E-state index contributed by atoms with van der Waals surface area (Å²) in [5.74, 6) is 0.385. The highest BCUT2D eigenvalue weighted by Crippen LogP contribution is 2.31. The molecule has 0 radical (unpaired) electrons. The van der Waals surface area contributed by atoms with Crippen molar-refractivity contribution in [2.45, 2.75) is 51.3 Å². The molecule has 0 unspecified atom stereocenters. The standard InChI is InChI=1S/C19H26N2O3/c1-13(2)10-11-21(15-8-9-15)19(23)18-17(20-16(22)12-24-18)14-6-4-3-5-7-14/h3-7,13,15,17-18H,8-12H2,1-2H3,(H,20,22)/t17-,18+/m1/s1. The van der Waals surface area contributed by atoms with Crippen molar-refractivity contribution in [2.24, 2.45) is 5.92 Å². The van der Waals surface area contributed by atoms with E-state index in [9.17, 15) is 9.59 Å². The number of hydrogen-bond acceptors (Lipinski definition) is 3. The Morgan fingerprint density at radius 3 is 2.62 bits per heavy atom. The summed E-state index contributed by atoms with van der Waals surface area (Å²) in [4.78, 5) is 26.9. The second-order valence-electron chi connectivity index (χ2n) is 7.13. The van der Waals surface area contributed by atoms with Crippen LogP contribution < -0.4 is 5.32 Å². The molecule has 24 heavy (non-hydrogen) atoms. The highest BCUT2D eigenvalue weighted by molar-refractivity contribution is 5.86. The van der Waals surface area contributed by atoms with Crippen LogP contribution >= 0.6 is 0 Å². The third kappa shape index (κ3) is 3.96. The molecule has 0 spiro atoms. The molecule has 1 aromatic carbocycles. The van der Waals surface area contributed by atoms with Crippen LogP contribution in [0, 0.1) is 5.92 Å². The van der Waals surface area contributed by atoms with E-state index in [-0.39, 0.29) is 18.4 Å². The minimum absolute atomic E-state index is 0.00648. The average molecular weight is 330 g/mol. The Hall–Kier alpha value is -1.88. The average Bonchev–Trinajstić information content (AvgIpc) is 3.40. The predicted octanol–water partition coefficient (Wildman–Crippen LogP) is 2.28. The number of morpholine rings is 1. The molecule has 1 aromatic rings. The summed E-state index contributed by atoms with van der Waals surface area (Å²) in [6, 6.07) is 9.52. The number of rotatable bonds is 6. The Balaban J connectivity index is 1.78. The van der Waals surface area contributed by atoms with Gasteiger partial charge < -0.3 is 15.0 Å². The van der Waals surface area contributed by atoms with E-state index in [2.05, 4.69) is 19.2 Å². The molecule has 1 aliphatic heterocycles. The van der Waals surface area contributed by atoms with Gasteiger partial charge in [0, 0.05) is 12.6 Å². The summed E-state index contributed by atoms with van der Waals surface area (Å²) in [6.07, 6.45) is 2.48. The molecule has 1 aliphatic carbocycles. The van der Waals surface area contributed by atoms with E-state index in [4.69, 9.17) is 4.74 Å². The van der Waals surface area contributed by atoms with Crippen LogP contribution in [0.5, 0.6) is 0 Å². The molecule has 1 N–H and O–H groups in total. The number of hydrogen-bond donors (Lipinski definition) is 1. The van der Waals surface area contributed by atoms with Crippen LogP contribution in [0.4, 0.5) is 0 Å². The van der Waals surface area contributed by atoms with Gasteiger partial charge in [-0.1, -0.05) is 44.2 Å². The second kappa shape index (κ2) is 7.34. The lowest BCUT2D eigenvalue weighted by Gasteiger charge is -2.35. The van der Waals surface area contributed by atoms with Gasteiger partial charge >= 0.3 is 0 Å². The van der Waals surface area contributed by atoms with Gasteiger partial charge in [0.2, 0.25) is 5.91 Å². The first-order chi connectivity index (χ1) is 11.6. The third-order valence-electron chi connectivity index (χ3n) is 4.63. The van der Waals surface area contributed by atoms with Crippen molar-refractivity contribution < 1.29 is 14.3 Å².